The van der Waals surface area contributed by atoms with Gasteiger partial charge in [-0.05, 0) is 33.4 Å². The Labute approximate surface area is 105 Å². The third kappa shape index (κ3) is 2.74. The second-order valence-corrected chi connectivity index (χ2v) is 7.25. The van der Waals surface area contributed by atoms with E-state index in [1.807, 2.05) is 0 Å². The van der Waals surface area contributed by atoms with Crippen LogP contribution >= 0.6 is 11.8 Å². The van der Waals surface area contributed by atoms with Crippen LogP contribution in [0.3, 0.4) is 0 Å². The van der Waals surface area contributed by atoms with E-state index in [0.29, 0.717) is 5.54 Å². The molecule has 3 heteroatoms. The predicted octanol–water partition coefficient (Wildman–Crippen LogP) is 2.34. The predicted molar refractivity (Wildman–Crippen MR) is 73.2 cm³/mol. The summed E-state index contributed by atoms with van der Waals surface area (Å²) in [5, 5.41) is 4.67. The monoisotopic (exact) mass is 242 g/mol. The SMILES string of the molecule is CC1CC(NCC2(N(C)C)CCCC2)CS1. The molecule has 0 amide bonds. The molecule has 2 rings (SSSR count). The minimum absolute atomic E-state index is 0.455. The standard InChI is InChI=1S/C13H26N2S/c1-11-8-12(9-16-11)14-10-13(15(2)3)6-4-5-7-13/h11-12,14H,4-10H2,1-3H3. The first kappa shape index (κ1) is 12.7. The highest BCUT2D eigenvalue weighted by Gasteiger charge is 2.36. The largest absolute Gasteiger partial charge is 0.311 e. The second kappa shape index (κ2) is 5.28. The third-order valence-electron chi connectivity index (χ3n) is 4.40. The van der Waals surface area contributed by atoms with E-state index in [4.69, 9.17) is 0 Å². The molecule has 2 fully saturated rings. The van der Waals surface area contributed by atoms with Crippen molar-refractivity contribution in [1.29, 1.82) is 0 Å². The summed E-state index contributed by atoms with van der Waals surface area (Å²) in [4.78, 5) is 2.46. The van der Waals surface area contributed by atoms with Gasteiger partial charge in [-0.3, -0.25) is 0 Å². The minimum Gasteiger partial charge on any atom is -0.311 e. The Morgan fingerprint density at radius 3 is 2.50 bits per heavy atom. The first-order valence-corrected chi connectivity index (χ1v) is 7.70. The van der Waals surface area contributed by atoms with E-state index in [1.165, 1.54) is 44.4 Å². The maximum Gasteiger partial charge on any atom is 0.0327 e. The van der Waals surface area contributed by atoms with E-state index < -0.39 is 0 Å². The molecular formula is C13H26N2S. The van der Waals surface area contributed by atoms with Gasteiger partial charge >= 0.3 is 0 Å². The lowest BCUT2D eigenvalue weighted by Crippen LogP contribution is -2.51. The lowest BCUT2D eigenvalue weighted by atomic mass is 9.95. The molecular weight excluding hydrogens is 216 g/mol. The Kier molecular flexibility index (Phi) is 4.20. The molecule has 0 spiro atoms. The van der Waals surface area contributed by atoms with Crippen LogP contribution < -0.4 is 5.32 Å². The Balaban J connectivity index is 1.83. The average Bonchev–Trinajstić information content (AvgIpc) is 2.84. The van der Waals surface area contributed by atoms with Crippen molar-refractivity contribution in [1.82, 2.24) is 10.2 Å². The van der Waals surface area contributed by atoms with Gasteiger partial charge in [-0.1, -0.05) is 19.8 Å². The fraction of sp³-hybridized carbons (Fsp3) is 1.00. The van der Waals surface area contributed by atoms with Gasteiger partial charge in [0.05, 0.1) is 0 Å². The highest BCUT2D eigenvalue weighted by molar-refractivity contribution is 8.00. The van der Waals surface area contributed by atoms with Crippen LogP contribution in [0.15, 0.2) is 0 Å². The molecule has 1 N–H and O–H groups in total. The molecule has 2 atom stereocenters. The molecule has 0 aromatic rings. The summed E-state index contributed by atoms with van der Waals surface area (Å²) in [7, 11) is 4.50. The smallest absolute Gasteiger partial charge is 0.0327 e. The first-order valence-electron chi connectivity index (χ1n) is 6.65. The third-order valence-corrected chi connectivity index (χ3v) is 5.76. The van der Waals surface area contributed by atoms with Gasteiger partial charge in [-0.2, -0.15) is 11.8 Å². The molecule has 0 aromatic carbocycles. The van der Waals surface area contributed by atoms with Crippen molar-refractivity contribution in [3.05, 3.63) is 0 Å². The zero-order chi connectivity index (χ0) is 11.6. The maximum atomic E-state index is 3.81. The van der Waals surface area contributed by atoms with E-state index >= 15 is 0 Å². The van der Waals surface area contributed by atoms with Gasteiger partial charge in [0, 0.05) is 29.1 Å². The molecule has 94 valence electrons. The molecule has 1 aliphatic heterocycles. The van der Waals surface area contributed by atoms with Crippen molar-refractivity contribution in [3.8, 4) is 0 Å². The Hall–Kier alpha value is 0.270. The van der Waals surface area contributed by atoms with Crippen molar-refractivity contribution >= 4 is 11.8 Å². The summed E-state index contributed by atoms with van der Waals surface area (Å²) in [6, 6.07) is 0.762. The lowest BCUT2D eigenvalue weighted by molar-refractivity contribution is 0.150. The van der Waals surface area contributed by atoms with Gasteiger partial charge in [0.1, 0.15) is 0 Å². The number of rotatable bonds is 4. The Bertz CT molecular complexity index is 224. The van der Waals surface area contributed by atoms with Gasteiger partial charge in [0.15, 0.2) is 0 Å². The fourth-order valence-electron chi connectivity index (χ4n) is 3.11. The quantitative estimate of drug-likeness (QED) is 0.814. The summed E-state index contributed by atoms with van der Waals surface area (Å²) >= 11 is 2.12. The molecule has 0 bridgehead atoms. The topological polar surface area (TPSA) is 15.3 Å². The van der Waals surface area contributed by atoms with Crippen LogP contribution in [0.25, 0.3) is 0 Å². The van der Waals surface area contributed by atoms with Gasteiger partial charge in [-0.15, -0.1) is 0 Å². The summed E-state index contributed by atoms with van der Waals surface area (Å²) in [5.41, 5.74) is 0.455. The minimum atomic E-state index is 0.455. The molecule has 0 aromatic heterocycles. The summed E-state index contributed by atoms with van der Waals surface area (Å²) in [6.07, 6.45) is 6.93. The summed E-state index contributed by atoms with van der Waals surface area (Å²) in [6.45, 7) is 3.54. The van der Waals surface area contributed by atoms with Crippen molar-refractivity contribution in [2.45, 2.75) is 55.9 Å². The van der Waals surface area contributed by atoms with Crippen molar-refractivity contribution in [2.24, 2.45) is 0 Å². The lowest BCUT2D eigenvalue weighted by Gasteiger charge is -2.37. The summed E-state index contributed by atoms with van der Waals surface area (Å²) in [5.74, 6) is 1.31. The van der Waals surface area contributed by atoms with Crippen LogP contribution in [-0.2, 0) is 0 Å². The van der Waals surface area contributed by atoms with Gasteiger partial charge < -0.3 is 10.2 Å². The number of thioether (sulfide) groups is 1. The van der Waals surface area contributed by atoms with Crippen LogP contribution in [0.5, 0.6) is 0 Å². The Morgan fingerprint density at radius 2 is 2.00 bits per heavy atom. The fourth-order valence-corrected chi connectivity index (χ4v) is 4.29. The molecule has 2 nitrogen and oxygen atoms in total. The van der Waals surface area contributed by atoms with E-state index in [2.05, 4.69) is 43.0 Å². The van der Waals surface area contributed by atoms with Crippen LogP contribution in [0.1, 0.15) is 39.0 Å². The van der Waals surface area contributed by atoms with E-state index in [0.717, 1.165) is 11.3 Å². The van der Waals surface area contributed by atoms with E-state index in [1.54, 1.807) is 0 Å². The number of nitrogens with one attached hydrogen (secondary N) is 1. The Morgan fingerprint density at radius 1 is 1.31 bits per heavy atom. The highest BCUT2D eigenvalue weighted by Crippen LogP contribution is 2.34. The van der Waals surface area contributed by atoms with E-state index in [-0.39, 0.29) is 0 Å². The number of hydrogen-bond acceptors (Lipinski definition) is 3. The molecule has 16 heavy (non-hydrogen) atoms. The van der Waals surface area contributed by atoms with Crippen LogP contribution in [-0.4, -0.2) is 48.1 Å². The number of nitrogens with zero attached hydrogens (tertiary/aromatic N) is 1. The molecule has 1 heterocycles. The molecule has 2 unspecified atom stereocenters. The second-order valence-electron chi connectivity index (χ2n) is 5.78. The van der Waals surface area contributed by atoms with Crippen molar-refractivity contribution in [3.63, 3.8) is 0 Å². The molecule has 0 radical (unpaired) electrons. The van der Waals surface area contributed by atoms with Gasteiger partial charge in [-0.25, -0.2) is 0 Å². The highest BCUT2D eigenvalue weighted by atomic mass is 32.2. The average molecular weight is 242 g/mol. The normalized spacial score (nSPS) is 33.8. The van der Waals surface area contributed by atoms with Crippen LogP contribution in [0, 0.1) is 0 Å². The van der Waals surface area contributed by atoms with Crippen molar-refractivity contribution in [2.75, 3.05) is 26.4 Å². The number of hydrogen-bond donors (Lipinski definition) is 1. The van der Waals surface area contributed by atoms with Crippen LogP contribution in [0.4, 0.5) is 0 Å². The zero-order valence-electron chi connectivity index (χ0n) is 11.0. The van der Waals surface area contributed by atoms with E-state index in [9.17, 15) is 0 Å². The molecule has 1 saturated heterocycles. The maximum absolute atomic E-state index is 3.81. The zero-order valence-corrected chi connectivity index (χ0v) is 11.8. The van der Waals surface area contributed by atoms with Crippen LogP contribution in [0.2, 0.25) is 0 Å². The van der Waals surface area contributed by atoms with Gasteiger partial charge in [0.25, 0.3) is 0 Å². The van der Waals surface area contributed by atoms with Crippen molar-refractivity contribution < 1.29 is 0 Å². The molecule has 1 saturated carbocycles. The number of likely N-dealkylation sites (N-methyl/N-ethyl adjacent to an activating group) is 1. The first-order chi connectivity index (χ1) is 7.62. The molecule has 2 aliphatic rings. The van der Waals surface area contributed by atoms with Gasteiger partial charge in [0.2, 0.25) is 0 Å². The summed E-state index contributed by atoms with van der Waals surface area (Å²) < 4.78 is 0. The molecule has 1 aliphatic carbocycles.